The third-order valence-corrected chi connectivity index (χ3v) is 2.60. The van der Waals surface area contributed by atoms with Crippen molar-refractivity contribution < 1.29 is 14.0 Å². The van der Waals surface area contributed by atoms with Crippen LogP contribution >= 0.6 is 0 Å². The molecule has 0 aliphatic carbocycles. The van der Waals surface area contributed by atoms with Crippen LogP contribution in [0, 0.1) is 5.82 Å². The van der Waals surface area contributed by atoms with E-state index < -0.39 is 17.6 Å². The molecule has 0 heterocycles. The minimum absolute atomic E-state index is 0.0168. The second kappa shape index (κ2) is 4.88. The Morgan fingerprint density at radius 3 is 2.38 bits per heavy atom. The van der Waals surface area contributed by atoms with Gasteiger partial charge in [-0.2, -0.15) is 0 Å². The van der Waals surface area contributed by atoms with Gasteiger partial charge in [-0.25, -0.2) is 4.39 Å². The van der Waals surface area contributed by atoms with Crippen molar-refractivity contribution in [3.63, 3.8) is 0 Å². The summed E-state index contributed by atoms with van der Waals surface area (Å²) in [7, 11) is 1.52. The first-order valence-corrected chi connectivity index (χ1v) is 4.97. The first-order valence-electron chi connectivity index (χ1n) is 4.97. The molecule has 1 aromatic rings. The first kappa shape index (κ1) is 12.4. The van der Waals surface area contributed by atoms with Crippen molar-refractivity contribution in [2.24, 2.45) is 0 Å². The van der Waals surface area contributed by atoms with E-state index in [-0.39, 0.29) is 11.5 Å². The van der Waals surface area contributed by atoms with Gasteiger partial charge >= 0.3 is 0 Å². The first-order chi connectivity index (χ1) is 7.45. The van der Waals surface area contributed by atoms with E-state index in [2.05, 4.69) is 0 Å². The number of hydrogen-bond donors (Lipinski definition) is 0. The lowest BCUT2D eigenvalue weighted by Gasteiger charge is -2.22. The molecule has 3 nitrogen and oxygen atoms in total. The zero-order chi connectivity index (χ0) is 12.3. The number of carbonyl (C=O) groups excluding carboxylic acids is 2. The Morgan fingerprint density at radius 2 is 1.88 bits per heavy atom. The standard InChI is InChI=1S/C12H14FNO2/c1-8(14(3)9(2)15)12(16)10-6-4-5-7-11(10)13/h4-8H,1-3H3. The summed E-state index contributed by atoms with van der Waals surface area (Å²) in [4.78, 5) is 24.2. The fraction of sp³-hybridized carbons (Fsp3) is 0.333. The summed E-state index contributed by atoms with van der Waals surface area (Å²) in [6.07, 6.45) is 0. The molecule has 4 heteroatoms. The zero-order valence-electron chi connectivity index (χ0n) is 9.53. The molecule has 0 saturated carbocycles. The largest absolute Gasteiger partial charge is 0.336 e. The van der Waals surface area contributed by atoms with E-state index in [9.17, 15) is 14.0 Å². The molecular formula is C12H14FNO2. The van der Waals surface area contributed by atoms with Crippen molar-refractivity contribution in [3.05, 3.63) is 35.6 Å². The molecule has 1 amide bonds. The minimum atomic E-state index is -0.658. The van der Waals surface area contributed by atoms with Crippen LogP contribution in [0.2, 0.25) is 0 Å². The Balaban J connectivity index is 2.95. The summed E-state index contributed by atoms with van der Waals surface area (Å²) in [5.74, 6) is -1.18. The van der Waals surface area contributed by atoms with Crippen molar-refractivity contribution in [1.29, 1.82) is 0 Å². The van der Waals surface area contributed by atoms with Gasteiger partial charge in [-0.3, -0.25) is 9.59 Å². The molecule has 16 heavy (non-hydrogen) atoms. The Kier molecular flexibility index (Phi) is 3.77. The predicted molar refractivity (Wildman–Crippen MR) is 58.6 cm³/mol. The van der Waals surface area contributed by atoms with Gasteiger partial charge in [-0.15, -0.1) is 0 Å². The molecule has 0 saturated heterocycles. The highest BCUT2D eigenvalue weighted by Crippen LogP contribution is 2.12. The number of Topliss-reactive ketones (excluding diaryl/α,β-unsaturated/α-hetero) is 1. The van der Waals surface area contributed by atoms with Gasteiger partial charge in [0, 0.05) is 14.0 Å². The number of nitrogens with zero attached hydrogens (tertiary/aromatic N) is 1. The maximum absolute atomic E-state index is 13.3. The quantitative estimate of drug-likeness (QED) is 0.734. The van der Waals surface area contributed by atoms with Gasteiger partial charge in [-0.05, 0) is 19.1 Å². The van der Waals surface area contributed by atoms with Crippen LogP contribution in [0.1, 0.15) is 24.2 Å². The Morgan fingerprint density at radius 1 is 1.31 bits per heavy atom. The van der Waals surface area contributed by atoms with E-state index >= 15 is 0 Å². The van der Waals surface area contributed by atoms with Crippen LogP contribution in [-0.4, -0.2) is 29.7 Å². The van der Waals surface area contributed by atoms with Crippen molar-refractivity contribution in [2.45, 2.75) is 19.9 Å². The lowest BCUT2D eigenvalue weighted by Crippen LogP contribution is -2.39. The lowest BCUT2D eigenvalue weighted by molar-refractivity contribution is -0.128. The van der Waals surface area contributed by atoms with Gasteiger partial charge in [0.2, 0.25) is 5.91 Å². The summed E-state index contributed by atoms with van der Waals surface area (Å²) in [6.45, 7) is 2.95. The normalized spacial score (nSPS) is 12.0. The van der Waals surface area contributed by atoms with Crippen molar-refractivity contribution in [2.75, 3.05) is 7.05 Å². The second-order valence-corrected chi connectivity index (χ2v) is 3.65. The van der Waals surface area contributed by atoms with Gasteiger partial charge in [0.05, 0.1) is 11.6 Å². The molecule has 0 aromatic heterocycles. The van der Waals surface area contributed by atoms with Gasteiger partial charge in [0.15, 0.2) is 5.78 Å². The third-order valence-electron chi connectivity index (χ3n) is 2.60. The molecule has 0 N–H and O–H groups in total. The fourth-order valence-corrected chi connectivity index (χ4v) is 1.33. The molecule has 0 radical (unpaired) electrons. The lowest BCUT2D eigenvalue weighted by atomic mass is 10.0. The highest BCUT2D eigenvalue weighted by molar-refractivity contribution is 6.01. The van der Waals surface area contributed by atoms with Crippen molar-refractivity contribution >= 4 is 11.7 Å². The molecule has 0 aliphatic heterocycles. The third kappa shape index (κ3) is 2.45. The average Bonchev–Trinajstić information content (AvgIpc) is 2.26. The summed E-state index contributed by atoms with van der Waals surface area (Å²) < 4.78 is 13.3. The van der Waals surface area contributed by atoms with Crippen LogP contribution in [0.4, 0.5) is 4.39 Å². The smallest absolute Gasteiger partial charge is 0.219 e. The van der Waals surface area contributed by atoms with Gasteiger partial charge in [0.1, 0.15) is 5.82 Å². The van der Waals surface area contributed by atoms with E-state index in [1.54, 1.807) is 13.0 Å². The molecule has 0 aliphatic rings. The van der Waals surface area contributed by atoms with Gasteiger partial charge < -0.3 is 4.90 Å². The number of likely N-dealkylation sites (N-methyl/N-ethyl adjacent to an activating group) is 1. The van der Waals surface area contributed by atoms with Crippen LogP contribution in [0.5, 0.6) is 0 Å². The highest BCUT2D eigenvalue weighted by atomic mass is 19.1. The average molecular weight is 223 g/mol. The molecule has 1 atom stereocenters. The van der Waals surface area contributed by atoms with Crippen LogP contribution in [0.25, 0.3) is 0 Å². The molecule has 0 bridgehead atoms. The van der Waals surface area contributed by atoms with Crippen molar-refractivity contribution in [1.82, 2.24) is 4.90 Å². The number of rotatable bonds is 3. The molecule has 1 rings (SSSR count). The van der Waals surface area contributed by atoms with E-state index in [1.165, 1.54) is 37.1 Å². The molecular weight excluding hydrogens is 209 g/mol. The Hall–Kier alpha value is -1.71. The van der Waals surface area contributed by atoms with Crippen molar-refractivity contribution in [3.8, 4) is 0 Å². The monoisotopic (exact) mass is 223 g/mol. The predicted octanol–water partition coefficient (Wildman–Crippen LogP) is 1.88. The topological polar surface area (TPSA) is 37.4 Å². The van der Waals surface area contributed by atoms with E-state index in [4.69, 9.17) is 0 Å². The fourth-order valence-electron chi connectivity index (χ4n) is 1.33. The Labute approximate surface area is 93.9 Å². The van der Waals surface area contributed by atoms with Crippen LogP contribution in [0.15, 0.2) is 24.3 Å². The molecule has 0 fully saturated rings. The van der Waals surface area contributed by atoms with Crippen LogP contribution in [-0.2, 0) is 4.79 Å². The second-order valence-electron chi connectivity index (χ2n) is 3.65. The summed E-state index contributed by atoms with van der Waals surface area (Å²) in [5.41, 5.74) is 0.0168. The molecule has 86 valence electrons. The molecule has 0 spiro atoms. The van der Waals surface area contributed by atoms with E-state index in [0.717, 1.165) is 0 Å². The Bertz CT molecular complexity index is 417. The number of hydrogen-bond acceptors (Lipinski definition) is 2. The van der Waals surface area contributed by atoms with Crippen LogP contribution < -0.4 is 0 Å². The number of ketones is 1. The molecule has 1 aromatic carbocycles. The number of amides is 1. The zero-order valence-corrected chi connectivity index (χ0v) is 9.53. The number of carbonyl (C=O) groups is 2. The summed E-state index contributed by atoms with van der Waals surface area (Å²) in [5, 5.41) is 0. The highest BCUT2D eigenvalue weighted by Gasteiger charge is 2.23. The summed E-state index contributed by atoms with van der Waals surface area (Å²) >= 11 is 0. The number of halogens is 1. The minimum Gasteiger partial charge on any atom is -0.336 e. The SMILES string of the molecule is CC(=O)N(C)C(C)C(=O)c1ccccc1F. The van der Waals surface area contributed by atoms with Gasteiger partial charge in [-0.1, -0.05) is 12.1 Å². The van der Waals surface area contributed by atoms with E-state index in [0.29, 0.717) is 0 Å². The van der Waals surface area contributed by atoms with E-state index in [1.807, 2.05) is 0 Å². The molecule has 1 unspecified atom stereocenters. The van der Waals surface area contributed by atoms with Gasteiger partial charge in [0.25, 0.3) is 0 Å². The maximum Gasteiger partial charge on any atom is 0.219 e. The number of benzene rings is 1. The summed E-state index contributed by atoms with van der Waals surface area (Å²) in [6, 6.07) is 5.10. The van der Waals surface area contributed by atoms with Crippen LogP contribution in [0.3, 0.4) is 0 Å². The maximum atomic E-state index is 13.3.